The molecule has 1 saturated carbocycles. The van der Waals surface area contributed by atoms with Crippen LogP contribution in [0, 0.1) is 17.8 Å². The van der Waals surface area contributed by atoms with Crippen LogP contribution in [-0.4, -0.2) is 31.8 Å². The van der Waals surface area contributed by atoms with Gasteiger partial charge in [0.1, 0.15) is 0 Å². The van der Waals surface area contributed by atoms with Crippen LogP contribution in [0.15, 0.2) is 77.8 Å². The van der Waals surface area contributed by atoms with Gasteiger partial charge in [0.05, 0.1) is 0 Å². The normalized spacial score (nSPS) is 24.0. The summed E-state index contributed by atoms with van der Waals surface area (Å²) in [5, 5.41) is 3.02. The molecule has 1 N–H and O–H groups in total. The number of carbonyl (C=O) groups is 1. The fourth-order valence-corrected chi connectivity index (χ4v) is 4.54. The van der Waals surface area contributed by atoms with Gasteiger partial charge in [-0.15, -0.1) is 11.8 Å². The summed E-state index contributed by atoms with van der Waals surface area (Å²) in [6, 6.07) is 8.82. The lowest BCUT2D eigenvalue weighted by atomic mass is 10.1. The number of benzene rings is 1. The molecule has 1 saturated heterocycles. The number of carbonyl (C=O) groups excluding carboxylic acids is 1. The summed E-state index contributed by atoms with van der Waals surface area (Å²) < 4.78 is 0. The Kier molecular flexibility index (Phi) is 7.21. The number of fused-ring (bicyclic) bond motifs is 1. The van der Waals surface area contributed by atoms with Gasteiger partial charge >= 0.3 is 0 Å². The SMILES string of the molecule is C=CC(/C=C/C(=O)NCCC1[C@H]2CN(c3cccc(SC)c3)C[C@@H]12)=C\C=C/C. The molecule has 1 aliphatic heterocycles. The minimum absolute atomic E-state index is 0.0328. The van der Waals surface area contributed by atoms with Crippen molar-refractivity contribution in [2.45, 2.75) is 18.2 Å². The lowest BCUT2D eigenvalue weighted by Crippen LogP contribution is -2.26. The molecule has 1 amide bonds. The van der Waals surface area contributed by atoms with Gasteiger partial charge in [-0.05, 0) is 67.2 Å². The molecule has 0 radical (unpaired) electrons. The molecule has 1 aromatic rings. The van der Waals surface area contributed by atoms with E-state index in [1.807, 2.05) is 25.2 Å². The molecule has 1 unspecified atom stereocenters. The highest BCUT2D eigenvalue weighted by atomic mass is 32.2. The molecular weight excluding hydrogens is 364 g/mol. The molecule has 4 heteroatoms. The van der Waals surface area contributed by atoms with Crippen molar-refractivity contribution in [2.24, 2.45) is 17.8 Å². The van der Waals surface area contributed by atoms with Crippen LogP contribution in [0.1, 0.15) is 13.3 Å². The van der Waals surface area contributed by atoms with Crippen molar-refractivity contribution in [3.63, 3.8) is 0 Å². The molecule has 148 valence electrons. The Morgan fingerprint density at radius 1 is 1.32 bits per heavy atom. The Bertz CT molecular complexity index is 784. The maximum atomic E-state index is 12.0. The van der Waals surface area contributed by atoms with E-state index in [1.54, 1.807) is 30.0 Å². The van der Waals surface area contributed by atoms with Crippen molar-refractivity contribution >= 4 is 23.4 Å². The summed E-state index contributed by atoms with van der Waals surface area (Å²) in [6.07, 6.45) is 14.2. The third-order valence-corrected chi connectivity index (χ3v) is 6.44. The summed E-state index contributed by atoms with van der Waals surface area (Å²) in [5.74, 6) is 2.32. The summed E-state index contributed by atoms with van der Waals surface area (Å²) >= 11 is 1.79. The topological polar surface area (TPSA) is 32.3 Å². The first-order valence-corrected chi connectivity index (χ1v) is 11.2. The van der Waals surface area contributed by atoms with Crippen LogP contribution in [0.4, 0.5) is 5.69 Å². The monoisotopic (exact) mass is 394 g/mol. The number of piperidine rings is 1. The Morgan fingerprint density at radius 2 is 2.11 bits per heavy atom. The van der Waals surface area contributed by atoms with E-state index in [9.17, 15) is 4.79 Å². The molecule has 0 spiro atoms. The Morgan fingerprint density at radius 3 is 2.79 bits per heavy atom. The van der Waals surface area contributed by atoms with Gasteiger partial charge in [-0.2, -0.15) is 0 Å². The number of nitrogens with one attached hydrogen (secondary N) is 1. The fraction of sp³-hybridized carbons (Fsp3) is 0.375. The van der Waals surface area contributed by atoms with Crippen LogP contribution in [0.25, 0.3) is 0 Å². The smallest absolute Gasteiger partial charge is 0.243 e. The molecule has 2 aliphatic rings. The van der Waals surface area contributed by atoms with E-state index >= 15 is 0 Å². The molecule has 0 aromatic heterocycles. The van der Waals surface area contributed by atoms with Crippen LogP contribution < -0.4 is 10.2 Å². The number of rotatable bonds is 9. The largest absolute Gasteiger partial charge is 0.371 e. The van der Waals surface area contributed by atoms with E-state index < -0.39 is 0 Å². The van der Waals surface area contributed by atoms with E-state index in [-0.39, 0.29) is 5.91 Å². The summed E-state index contributed by atoms with van der Waals surface area (Å²) in [5.41, 5.74) is 2.27. The van der Waals surface area contributed by atoms with Gasteiger partial charge in [-0.25, -0.2) is 0 Å². The van der Waals surface area contributed by atoms with Crippen molar-refractivity contribution in [3.8, 4) is 0 Å². The van der Waals surface area contributed by atoms with E-state index in [1.165, 1.54) is 10.6 Å². The van der Waals surface area contributed by atoms with Gasteiger partial charge in [-0.3, -0.25) is 4.79 Å². The number of hydrogen-bond acceptors (Lipinski definition) is 3. The molecule has 1 aromatic carbocycles. The lowest BCUT2D eigenvalue weighted by Gasteiger charge is -2.22. The number of thioether (sulfide) groups is 1. The molecular formula is C24H30N2OS. The van der Waals surface area contributed by atoms with Crippen molar-refractivity contribution in [3.05, 3.63) is 72.9 Å². The first-order valence-electron chi connectivity index (χ1n) is 9.96. The molecule has 0 bridgehead atoms. The highest BCUT2D eigenvalue weighted by molar-refractivity contribution is 7.98. The highest BCUT2D eigenvalue weighted by Crippen LogP contribution is 2.54. The predicted molar refractivity (Wildman–Crippen MR) is 121 cm³/mol. The van der Waals surface area contributed by atoms with Crippen molar-refractivity contribution < 1.29 is 4.79 Å². The predicted octanol–water partition coefficient (Wildman–Crippen LogP) is 4.84. The second kappa shape index (κ2) is 9.83. The van der Waals surface area contributed by atoms with Gasteiger partial charge in [-0.1, -0.05) is 36.9 Å². The molecule has 3 atom stereocenters. The van der Waals surface area contributed by atoms with Crippen molar-refractivity contribution in [1.82, 2.24) is 5.32 Å². The van der Waals surface area contributed by atoms with Crippen LogP contribution in [0.5, 0.6) is 0 Å². The highest BCUT2D eigenvalue weighted by Gasteiger charge is 2.54. The second-order valence-corrected chi connectivity index (χ2v) is 8.29. The first kappa shape index (κ1) is 20.5. The Hall–Kier alpha value is -2.20. The van der Waals surface area contributed by atoms with Crippen molar-refractivity contribution in [2.75, 3.05) is 30.8 Å². The quantitative estimate of drug-likeness (QED) is 0.369. The van der Waals surface area contributed by atoms with Gasteiger partial charge in [0, 0.05) is 36.3 Å². The van der Waals surface area contributed by atoms with E-state index in [0.717, 1.165) is 49.4 Å². The number of hydrogen-bond donors (Lipinski definition) is 1. The number of allylic oxidation sites excluding steroid dienone is 6. The van der Waals surface area contributed by atoms with E-state index in [4.69, 9.17) is 0 Å². The van der Waals surface area contributed by atoms with Crippen LogP contribution in [0.2, 0.25) is 0 Å². The van der Waals surface area contributed by atoms with Gasteiger partial charge in [0.2, 0.25) is 5.91 Å². The van der Waals surface area contributed by atoms with Gasteiger partial charge in [0.15, 0.2) is 0 Å². The maximum Gasteiger partial charge on any atom is 0.243 e. The summed E-state index contributed by atoms with van der Waals surface area (Å²) in [4.78, 5) is 15.8. The minimum atomic E-state index is -0.0328. The number of amides is 1. The Balaban J connectivity index is 1.38. The van der Waals surface area contributed by atoms with Crippen LogP contribution >= 0.6 is 11.8 Å². The molecule has 3 rings (SSSR count). The van der Waals surface area contributed by atoms with Gasteiger partial charge < -0.3 is 10.2 Å². The average Bonchev–Trinajstić information content (AvgIpc) is 3.16. The van der Waals surface area contributed by atoms with Gasteiger partial charge in [0.25, 0.3) is 0 Å². The second-order valence-electron chi connectivity index (χ2n) is 7.41. The third-order valence-electron chi connectivity index (χ3n) is 5.71. The fourth-order valence-electron chi connectivity index (χ4n) is 4.09. The zero-order valence-corrected chi connectivity index (χ0v) is 17.6. The average molecular weight is 395 g/mol. The Labute approximate surface area is 173 Å². The minimum Gasteiger partial charge on any atom is -0.371 e. The number of nitrogens with zero attached hydrogens (tertiary/aromatic N) is 1. The molecule has 2 fully saturated rings. The van der Waals surface area contributed by atoms with E-state index in [2.05, 4.69) is 47.3 Å². The zero-order chi connectivity index (χ0) is 19.9. The first-order chi connectivity index (χ1) is 13.7. The zero-order valence-electron chi connectivity index (χ0n) is 16.8. The lowest BCUT2D eigenvalue weighted by molar-refractivity contribution is -0.116. The molecule has 1 aliphatic carbocycles. The standard InChI is InChI=1S/C24H30N2OS/c1-4-6-8-18(5-2)11-12-24(27)25-14-13-21-22-16-26(17-23(21)22)19-9-7-10-20(15-19)28-3/h4-12,15,21-23H,2,13-14,16-17H2,1,3H3,(H,25,27)/b6-4-,12-11+,18-8+/t21?,22-,23+. The van der Waals surface area contributed by atoms with E-state index in [0.29, 0.717) is 0 Å². The van der Waals surface area contributed by atoms with Crippen molar-refractivity contribution in [1.29, 1.82) is 0 Å². The molecule has 3 nitrogen and oxygen atoms in total. The summed E-state index contributed by atoms with van der Waals surface area (Å²) in [6.45, 7) is 8.78. The maximum absolute atomic E-state index is 12.0. The van der Waals surface area contributed by atoms with Crippen LogP contribution in [-0.2, 0) is 4.79 Å². The molecule has 1 heterocycles. The number of anilines is 1. The molecule has 28 heavy (non-hydrogen) atoms. The third kappa shape index (κ3) is 5.20. The summed E-state index contributed by atoms with van der Waals surface area (Å²) in [7, 11) is 0. The van der Waals surface area contributed by atoms with Crippen LogP contribution in [0.3, 0.4) is 0 Å².